The maximum Gasteiger partial charge on any atom is 0.149 e. The summed E-state index contributed by atoms with van der Waals surface area (Å²) in [6, 6.07) is 5.10. The number of aromatic nitrogens is 1. The summed E-state index contributed by atoms with van der Waals surface area (Å²) in [5.41, 5.74) is 0. The summed E-state index contributed by atoms with van der Waals surface area (Å²) in [4.78, 5) is 7.19. The zero-order valence-electron chi connectivity index (χ0n) is 5.02. The van der Waals surface area contributed by atoms with Crippen molar-refractivity contribution in [1.82, 2.24) is 4.98 Å². The molecule has 1 rings (SSSR count). The first kappa shape index (κ1) is 6.95. The van der Waals surface area contributed by atoms with E-state index < -0.39 is 5.23 Å². The molecule has 0 fully saturated rings. The van der Waals surface area contributed by atoms with Gasteiger partial charge in [-0.25, -0.2) is 4.98 Å². The van der Waals surface area contributed by atoms with Gasteiger partial charge >= 0.3 is 0 Å². The second kappa shape index (κ2) is 3.12. The van der Waals surface area contributed by atoms with Gasteiger partial charge in [0.05, 0.1) is 0 Å². The molecule has 0 bridgehead atoms. The Kier molecular flexibility index (Phi) is 2.17. The Balaban J connectivity index is 2.87. The van der Waals surface area contributed by atoms with E-state index in [2.05, 4.69) is 22.6 Å². The van der Waals surface area contributed by atoms with Crippen molar-refractivity contribution in [2.75, 3.05) is 0 Å². The molecular formula is C6H4N2OS-2. The van der Waals surface area contributed by atoms with Crippen molar-refractivity contribution in [3.8, 4) is 0 Å². The second-order valence-electron chi connectivity index (χ2n) is 1.57. The lowest BCUT2D eigenvalue weighted by atomic mass is 10.5. The van der Waals surface area contributed by atoms with Crippen LogP contribution >= 0.6 is 0 Å². The molecule has 0 aliphatic heterocycles. The minimum atomic E-state index is -0.640. The Bertz CT molecular complexity index is 231. The summed E-state index contributed by atoms with van der Waals surface area (Å²) in [7, 11) is 0. The summed E-state index contributed by atoms with van der Waals surface area (Å²) in [6.45, 7) is 0. The van der Waals surface area contributed by atoms with E-state index in [0.717, 1.165) is 0 Å². The molecule has 52 valence electrons. The molecule has 0 radical (unpaired) electrons. The number of pyridine rings is 1. The fraction of sp³-hybridized carbons (Fsp3) is 0. The van der Waals surface area contributed by atoms with Crippen LogP contribution in [0.3, 0.4) is 0 Å². The van der Waals surface area contributed by atoms with E-state index in [4.69, 9.17) is 0 Å². The van der Waals surface area contributed by atoms with Crippen LogP contribution in [0.4, 0.5) is 5.82 Å². The zero-order chi connectivity index (χ0) is 7.40. The molecule has 0 aliphatic carbocycles. The minimum Gasteiger partial charge on any atom is -0.879 e. The maximum atomic E-state index is 10.2. The molecule has 0 atom stereocenters. The Labute approximate surface area is 63.9 Å². The molecule has 1 aromatic rings. The Morgan fingerprint density at radius 1 is 1.60 bits per heavy atom. The summed E-state index contributed by atoms with van der Waals surface area (Å²) >= 11 is 4.22. The van der Waals surface area contributed by atoms with Crippen LogP contribution in [0.2, 0.25) is 0 Å². The van der Waals surface area contributed by atoms with Gasteiger partial charge in [0.1, 0.15) is 5.82 Å². The monoisotopic (exact) mass is 152 g/mol. The Morgan fingerprint density at radius 3 is 2.90 bits per heavy atom. The SMILES string of the molecule is [O-]/C([S-])=N\c1ccccn1. The molecule has 0 aliphatic rings. The lowest BCUT2D eigenvalue weighted by molar-refractivity contribution is -0.205. The molecule has 0 amide bonds. The standard InChI is InChI=1S/C6H6N2OS/c9-6(10)8-5-3-1-2-4-7-5/h1-4H,(H2,7,8,9,10)/p-2. The van der Waals surface area contributed by atoms with Crippen molar-refractivity contribution in [2.45, 2.75) is 0 Å². The highest BCUT2D eigenvalue weighted by Crippen LogP contribution is 2.03. The predicted octanol–water partition coefficient (Wildman–Crippen LogP) is -0.0237. The average molecular weight is 152 g/mol. The van der Waals surface area contributed by atoms with Gasteiger partial charge < -0.3 is 17.7 Å². The van der Waals surface area contributed by atoms with Crippen molar-refractivity contribution in [3.05, 3.63) is 24.4 Å². The highest BCUT2D eigenvalue weighted by molar-refractivity contribution is 7.76. The number of rotatable bonds is 1. The van der Waals surface area contributed by atoms with E-state index in [1.807, 2.05) is 0 Å². The van der Waals surface area contributed by atoms with Gasteiger partial charge in [-0.05, 0) is 12.1 Å². The molecule has 1 heterocycles. The quantitative estimate of drug-likeness (QED) is 0.323. The van der Waals surface area contributed by atoms with Crippen LogP contribution in [0.15, 0.2) is 29.4 Å². The molecule has 4 heteroatoms. The van der Waals surface area contributed by atoms with Gasteiger partial charge in [0, 0.05) is 6.20 Å². The molecule has 0 spiro atoms. The zero-order valence-corrected chi connectivity index (χ0v) is 5.84. The van der Waals surface area contributed by atoms with E-state index in [-0.39, 0.29) is 0 Å². The van der Waals surface area contributed by atoms with E-state index in [0.29, 0.717) is 5.82 Å². The highest BCUT2D eigenvalue weighted by atomic mass is 32.1. The molecule has 3 nitrogen and oxygen atoms in total. The fourth-order valence-electron chi connectivity index (χ4n) is 0.513. The van der Waals surface area contributed by atoms with Gasteiger partial charge in [0.15, 0.2) is 0 Å². The van der Waals surface area contributed by atoms with Crippen LogP contribution in [0.5, 0.6) is 0 Å². The summed E-state index contributed by atoms with van der Waals surface area (Å²) in [5, 5.41) is 9.58. The van der Waals surface area contributed by atoms with Gasteiger partial charge in [0.2, 0.25) is 0 Å². The van der Waals surface area contributed by atoms with Crippen LogP contribution in [0.1, 0.15) is 0 Å². The van der Waals surface area contributed by atoms with E-state index >= 15 is 0 Å². The average Bonchev–Trinajstić information content (AvgIpc) is 1.88. The molecule has 10 heavy (non-hydrogen) atoms. The number of aliphatic imine (C=N–C) groups is 1. The minimum absolute atomic E-state index is 0.363. The predicted molar refractivity (Wildman–Crippen MR) is 38.7 cm³/mol. The fourth-order valence-corrected chi connectivity index (χ4v) is 0.607. The molecular weight excluding hydrogens is 148 g/mol. The van der Waals surface area contributed by atoms with Crippen molar-refractivity contribution < 1.29 is 5.11 Å². The van der Waals surface area contributed by atoms with Gasteiger partial charge in [-0.1, -0.05) is 6.07 Å². The van der Waals surface area contributed by atoms with Crippen LogP contribution in [0, 0.1) is 0 Å². The van der Waals surface area contributed by atoms with Crippen molar-refractivity contribution in [3.63, 3.8) is 0 Å². The summed E-state index contributed by atoms with van der Waals surface area (Å²) in [5.74, 6) is 0.363. The molecule has 0 aromatic carbocycles. The molecule has 0 N–H and O–H groups in total. The van der Waals surface area contributed by atoms with E-state index in [9.17, 15) is 5.11 Å². The largest absolute Gasteiger partial charge is 0.879 e. The smallest absolute Gasteiger partial charge is 0.149 e. The van der Waals surface area contributed by atoms with Crippen LogP contribution in [-0.4, -0.2) is 10.2 Å². The summed E-state index contributed by atoms with van der Waals surface area (Å²) in [6.07, 6.45) is 1.55. The lowest BCUT2D eigenvalue weighted by Crippen LogP contribution is -2.12. The third kappa shape index (κ3) is 1.99. The highest BCUT2D eigenvalue weighted by Gasteiger charge is 1.79. The van der Waals surface area contributed by atoms with Crippen molar-refractivity contribution in [1.29, 1.82) is 0 Å². The topological polar surface area (TPSA) is 48.3 Å². The first-order chi connectivity index (χ1) is 4.79. The normalized spacial score (nSPS) is 11.4. The first-order valence-electron chi connectivity index (χ1n) is 2.63. The molecule has 0 saturated carbocycles. The first-order valence-corrected chi connectivity index (χ1v) is 3.03. The third-order valence-corrected chi connectivity index (χ3v) is 0.946. The van der Waals surface area contributed by atoms with Gasteiger partial charge in [-0.15, -0.1) is 0 Å². The van der Waals surface area contributed by atoms with Gasteiger partial charge in [-0.2, -0.15) is 5.23 Å². The van der Waals surface area contributed by atoms with Gasteiger partial charge in [-0.3, -0.25) is 4.99 Å². The lowest BCUT2D eigenvalue weighted by Gasteiger charge is -2.13. The third-order valence-electron chi connectivity index (χ3n) is 0.855. The molecule has 0 unspecified atom stereocenters. The van der Waals surface area contributed by atoms with Gasteiger partial charge in [0.25, 0.3) is 0 Å². The summed E-state index contributed by atoms with van der Waals surface area (Å²) < 4.78 is 0. The van der Waals surface area contributed by atoms with E-state index in [1.165, 1.54) is 0 Å². The van der Waals surface area contributed by atoms with Crippen molar-refractivity contribution >= 4 is 23.7 Å². The second-order valence-corrected chi connectivity index (χ2v) is 1.91. The Hall–Kier alpha value is -1.16. The molecule has 1 aromatic heterocycles. The maximum absolute atomic E-state index is 10.2. The van der Waals surface area contributed by atoms with Crippen LogP contribution in [-0.2, 0) is 12.6 Å². The van der Waals surface area contributed by atoms with E-state index in [1.54, 1.807) is 24.4 Å². The van der Waals surface area contributed by atoms with Crippen molar-refractivity contribution in [2.24, 2.45) is 4.99 Å². The molecule has 0 saturated heterocycles. The number of nitrogens with zero attached hydrogens (tertiary/aromatic N) is 2. The van der Waals surface area contributed by atoms with Crippen LogP contribution in [0.25, 0.3) is 0 Å². The number of hydrogen-bond acceptors (Lipinski definition) is 4. The number of hydrogen-bond donors (Lipinski definition) is 0. The Morgan fingerprint density at radius 2 is 2.40 bits per heavy atom. The van der Waals surface area contributed by atoms with Crippen LogP contribution < -0.4 is 5.11 Å².